The summed E-state index contributed by atoms with van der Waals surface area (Å²) in [5.41, 5.74) is 1.24. The summed E-state index contributed by atoms with van der Waals surface area (Å²) in [6.07, 6.45) is 1.77. The number of hydrogen-bond acceptors (Lipinski definition) is 5. The van der Waals surface area contributed by atoms with E-state index < -0.39 is 0 Å². The molecule has 2 N–H and O–H groups in total. The van der Waals surface area contributed by atoms with E-state index in [1.807, 2.05) is 31.2 Å². The molecule has 1 aromatic heterocycles. The van der Waals surface area contributed by atoms with E-state index in [4.69, 9.17) is 11.6 Å². The third-order valence-corrected chi connectivity index (χ3v) is 4.06. The minimum Gasteiger partial charge on any atom is -0.357 e. The normalized spacial score (nSPS) is 19.1. The number of nitrogens with one attached hydrogen (secondary N) is 2. The van der Waals surface area contributed by atoms with Crippen LogP contribution in [0.25, 0.3) is 0 Å². The van der Waals surface area contributed by atoms with Crippen LogP contribution in [-0.2, 0) is 0 Å². The Balaban J connectivity index is 1.70. The summed E-state index contributed by atoms with van der Waals surface area (Å²) < 4.78 is 0. The molecule has 22 heavy (non-hydrogen) atoms. The maximum absolute atomic E-state index is 6.13. The van der Waals surface area contributed by atoms with Crippen LogP contribution >= 0.6 is 11.6 Å². The van der Waals surface area contributed by atoms with Crippen molar-refractivity contribution >= 4 is 17.4 Å². The molecule has 1 aliphatic rings. The second-order valence-electron chi connectivity index (χ2n) is 5.41. The van der Waals surface area contributed by atoms with Gasteiger partial charge < -0.3 is 10.6 Å². The number of aryl methyl sites for hydroxylation is 1. The molecule has 3 rings (SSSR count). The van der Waals surface area contributed by atoms with Crippen molar-refractivity contribution in [2.75, 3.05) is 31.6 Å². The van der Waals surface area contributed by atoms with Crippen molar-refractivity contribution in [3.05, 3.63) is 52.9 Å². The first-order chi connectivity index (χ1) is 10.7. The predicted molar refractivity (Wildman–Crippen MR) is 89.0 cm³/mol. The summed E-state index contributed by atoms with van der Waals surface area (Å²) in [6, 6.07) is 10.3. The van der Waals surface area contributed by atoms with Crippen LogP contribution in [0.1, 0.15) is 17.4 Å². The van der Waals surface area contributed by atoms with Crippen molar-refractivity contribution < 1.29 is 0 Å². The zero-order chi connectivity index (χ0) is 15.4. The molecule has 0 spiro atoms. The Kier molecular flexibility index (Phi) is 4.87. The van der Waals surface area contributed by atoms with Crippen LogP contribution in [0.3, 0.4) is 0 Å². The lowest BCUT2D eigenvalue weighted by Crippen LogP contribution is -2.47. The Morgan fingerprint density at radius 2 is 2.32 bits per heavy atom. The van der Waals surface area contributed by atoms with Crippen LogP contribution in [0.4, 0.5) is 5.82 Å². The Morgan fingerprint density at radius 3 is 3.14 bits per heavy atom. The van der Waals surface area contributed by atoms with Crippen molar-refractivity contribution in [1.82, 2.24) is 20.2 Å². The van der Waals surface area contributed by atoms with Gasteiger partial charge in [0.15, 0.2) is 0 Å². The Labute approximate surface area is 135 Å². The monoisotopic (exact) mass is 317 g/mol. The molecule has 2 heterocycles. The highest BCUT2D eigenvalue weighted by Gasteiger charge is 2.23. The molecule has 0 radical (unpaired) electrons. The summed E-state index contributed by atoms with van der Waals surface area (Å²) in [4.78, 5) is 10.9. The van der Waals surface area contributed by atoms with Crippen LogP contribution in [0.5, 0.6) is 0 Å². The fraction of sp³-hybridized carbons (Fsp3) is 0.375. The number of nitrogens with zero attached hydrogens (tertiary/aromatic N) is 3. The number of rotatable bonds is 4. The lowest BCUT2D eigenvalue weighted by Gasteiger charge is -2.36. The number of piperazine rings is 1. The summed E-state index contributed by atoms with van der Waals surface area (Å²) >= 11 is 6.13. The SMILES string of the molecule is Cc1nccc(NCN2CCNCC2c2cccc(Cl)c2)n1. The minimum absolute atomic E-state index is 0.308. The Hall–Kier alpha value is -1.69. The second-order valence-corrected chi connectivity index (χ2v) is 5.85. The van der Waals surface area contributed by atoms with E-state index >= 15 is 0 Å². The second kappa shape index (κ2) is 7.05. The van der Waals surface area contributed by atoms with Crippen LogP contribution in [0.15, 0.2) is 36.5 Å². The molecule has 5 nitrogen and oxygen atoms in total. The van der Waals surface area contributed by atoms with Gasteiger partial charge in [0.2, 0.25) is 0 Å². The molecule has 0 bridgehead atoms. The number of anilines is 1. The molecule has 116 valence electrons. The van der Waals surface area contributed by atoms with Gasteiger partial charge in [0.1, 0.15) is 11.6 Å². The third kappa shape index (κ3) is 3.74. The highest BCUT2D eigenvalue weighted by molar-refractivity contribution is 6.30. The fourth-order valence-electron chi connectivity index (χ4n) is 2.72. The van der Waals surface area contributed by atoms with Gasteiger partial charge in [-0.2, -0.15) is 0 Å². The van der Waals surface area contributed by atoms with E-state index in [2.05, 4.69) is 31.6 Å². The predicted octanol–water partition coefficient (Wildman–Crippen LogP) is 2.45. The van der Waals surface area contributed by atoms with Crippen LogP contribution < -0.4 is 10.6 Å². The number of aromatic nitrogens is 2. The van der Waals surface area contributed by atoms with E-state index in [1.165, 1.54) is 5.56 Å². The molecule has 1 fully saturated rings. The number of hydrogen-bond donors (Lipinski definition) is 2. The molecule has 0 saturated carbocycles. The lowest BCUT2D eigenvalue weighted by atomic mass is 10.0. The fourth-order valence-corrected chi connectivity index (χ4v) is 2.91. The smallest absolute Gasteiger partial charge is 0.130 e. The summed E-state index contributed by atoms with van der Waals surface area (Å²) in [7, 11) is 0. The van der Waals surface area contributed by atoms with Gasteiger partial charge in [0.25, 0.3) is 0 Å². The van der Waals surface area contributed by atoms with Crippen molar-refractivity contribution in [2.24, 2.45) is 0 Å². The standard InChI is InChI=1S/C16H20ClN5/c1-12-19-6-5-16(21-12)20-11-22-8-7-18-10-15(22)13-3-2-4-14(17)9-13/h2-6,9,15,18H,7-8,10-11H2,1H3,(H,19,20,21). The van der Waals surface area contributed by atoms with Gasteiger partial charge in [0.05, 0.1) is 6.67 Å². The molecule has 1 aromatic carbocycles. The first-order valence-electron chi connectivity index (χ1n) is 7.46. The molecule has 6 heteroatoms. The molecule has 1 unspecified atom stereocenters. The van der Waals surface area contributed by atoms with Gasteiger partial charge in [0, 0.05) is 36.9 Å². The van der Waals surface area contributed by atoms with Gasteiger partial charge in [-0.3, -0.25) is 4.90 Å². The minimum atomic E-state index is 0.308. The highest BCUT2D eigenvalue weighted by atomic mass is 35.5. The van der Waals surface area contributed by atoms with Gasteiger partial charge in [-0.1, -0.05) is 23.7 Å². The third-order valence-electron chi connectivity index (χ3n) is 3.83. The van der Waals surface area contributed by atoms with Crippen molar-refractivity contribution in [2.45, 2.75) is 13.0 Å². The maximum atomic E-state index is 6.13. The average Bonchev–Trinajstić information content (AvgIpc) is 2.53. The summed E-state index contributed by atoms with van der Waals surface area (Å²) in [5.74, 6) is 1.63. The quantitative estimate of drug-likeness (QED) is 0.907. The molecule has 2 aromatic rings. The van der Waals surface area contributed by atoms with Crippen molar-refractivity contribution in [1.29, 1.82) is 0 Å². The Morgan fingerprint density at radius 1 is 1.41 bits per heavy atom. The molecular weight excluding hydrogens is 298 g/mol. The molecular formula is C16H20ClN5. The zero-order valence-corrected chi connectivity index (χ0v) is 13.3. The summed E-state index contributed by atoms with van der Waals surface area (Å²) in [5, 5.41) is 7.62. The maximum Gasteiger partial charge on any atom is 0.130 e. The van der Waals surface area contributed by atoms with Gasteiger partial charge in [-0.25, -0.2) is 9.97 Å². The van der Waals surface area contributed by atoms with Crippen LogP contribution in [-0.4, -0.2) is 41.2 Å². The molecule has 1 aliphatic heterocycles. The van der Waals surface area contributed by atoms with Gasteiger partial charge in [-0.05, 0) is 30.7 Å². The topological polar surface area (TPSA) is 53.1 Å². The molecule has 1 atom stereocenters. The van der Waals surface area contributed by atoms with E-state index in [0.29, 0.717) is 6.04 Å². The number of halogens is 1. The molecule has 0 aliphatic carbocycles. The molecule has 1 saturated heterocycles. The Bertz CT molecular complexity index is 633. The zero-order valence-electron chi connectivity index (χ0n) is 12.6. The van der Waals surface area contributed by atoms with E-state index in [0.717, 1.165) is 43.0 Å². The van der Waals surface area contributed by atoms with E-state index in [-0.39, 0.29) is 0 Å². The summed E-state index contributed by atoms with van der Waals surface area (Å²) in [6.45, 7) is 5.53. The molecule has 0 amide bonds. The van der Waals surface area contributed by atoms with Crippen LogP contribution in [0.2, 0.25) is 5.02 Å². The van der Waals surface area contributed by atoms with Gasteiger partial charge >= 0.3 is 0 Å². The largest absolute Gasteiger partial charge is 0.357 e. The lowest BCUT2D eigenvalue weighted by molar-refractivity contribution is 0.174. The van der Waals surface area contributed by atoms with E-state index in [9.17, 15) is 0 Å². The highest BCUT2D eigenvalue weighted by Crippen LogP contribution is 2.24. The number of benzene rings is 1. The van der Waals surface area contributed by atoms with Gasteiger partial charge in [-0.15, -0.1) is 0 Å². The first-order valence-corrected chi connectivity index (χ1v) is 7.84. The van der Waals surface area contributed by atoms with Crippen molar-refractivity contribution in [3.8, 4) is 0 Å². The van der Waals surface area contributed by atoms with E-state index in [1.54, 1.807) is 6.20 Å². The first kappa shape index (κ1) is 15.2. The van der Waals surface area contributed by atoms with Crippen molar-refractivity contribution in [3.63, 3.8) is 0 Å². The average molecular weight is 318 g/mol. The van der Waals surface area contributed by atoms with Crippen LogP contribution in [0, 0.1) is 6.92 Å².